The molecule has 1 N–H and O–H groups in total. The monoisotopic (exact) mass is 264 g/mol. The van der Waals surface area contributed by atoms with Gasteiger partial charge in [0.2, 0.25) is 0 Å². The standard InChI is InChI=1S/C15H24N2O2/c1-2-3-4-5-6-11-17(12-13-18)15-9-7-14(16-19)8-10-15/h7-10,18H,2-6,11-13H2,1H3. The Kier molecular flexibility index (Phi) is 7.82. The first-order valence-corrected chi connectivity index (χ1v) is 7.11. The maximum atomic E-state index is 10.4. The van der Waals surface area contributed by atoms with Crippen molar-refractivity contribution in [3.8, 4) is 0 Å². The Morgan fingerprint density at radius 2 is 1.74 bits per heavy atom. The summed E-state index contributed by atoms with van der Waals surface area (Å²) in [5.74, 6) is 0. The summed E-state index contributed by atoms with van der Waals surface area (Å²) in [6, 6.07) is 7.20. The van der Waals surface area contributed by atoms with Gasteiger partial charge in [-0.25, -0.2) is 0 Å². The van der Waals surface area contributed by atoms with Gasteiger partial charge in [0.15, 0.2) is 0 Å². The number of aliphatic hydroxyl groups excluding tert-OH is 1. The summed E-state index contributed by atoms with van der Waals surface area (Å²) in [4.78, 5) is 12.5. The molecule has 0 aliphatic rings. The second kappa shape index (κ2) is 9.50. The minimum Gasteiger partial charge on any atom is -0.395 e. The lowest BCUT2D eigenvalue weighted by molar-refractivity contribution is 0.301. The van der Waals surface area contributed by atoms with E-state index in [0.29, 0.717) is 12.2 Å². The van der Waals surface area contributed by atoms with E-state index >= 15 is 0 Å². The predicted octanol–water partition coefficient (Wildman–Crippen LogP) is 3.85. The molecule has 0 radical (unpaired) electrons. The van der Waals surface area contributed by atoms with Gasteiger partial charge in [0.25, 0.3) is 0 Å². The van der Waals surface area contributed by atoms with Crippen molar-refractivity contribution in [3.63, 3.8) is 0 Å². The molecule has 0 aliphatic heterocycles. The number of hydrogen-bond donors (Lipinski definition) is 1. The Labute approximate surface area is 115 Å². The Bertz CT molecular complexity index is 352. The van der Waals surface area contributed by atoms with Gasteiger partial charge in [-0.05, 0) is 35.9 Å². The number of unbranched alkanes of at least 4 members (excludes halogenated alkanes) is 4. The molecule has 0 aromatic heterocycles. The molecule has 1 rings (SSSR count). The molecule has 0 saturated heterocycles. The van der Waals surface area contributed by atoms with Gasteiger partial charge in [0.1, 0.15) is 5.69 Å². The van der Waals surface area contributed by atoms with Gasteiger partial charge in [-0.1, -0.05) is 32.6 Å². The maximum absolute atomic E-state index is 10.4. The summed E-state index contributed by atoms with van der Waals surface area (Å²) in [5.41, 5.74) is 1.48. The van der Waals surface area contributed by atoms with Crippen molar-refractivity contribution in [2.75, 3.05) is 24.6 Å². The van der Waals surface area contributed by atoms with Gasteiger partial charge in [-0.2, -0.15) is 0 Å². The van der Waals surface area contributed by atoms with Crippen molar-refractivity contribution in [1.82, 2.24) is 0 Å². The largest absolute Gasteiger partial charge is 0.395 e. The molecule has 4 heteroatoms. The van der Waals surface area contributed by atoms with Crippen LogP contribution in [0.15, 0.2) is 29.4 Å². The van der Waals surface area contributed by atoms with Crippen molar-refractivity contribution in [2.45, 2.75) is 39.0 Å². The third-order valence-electron chi connectivity index (χ3n) is 3.22. The van der Waals surface area contributed by atoms with Gasteiger partial charge in [-0.3, -0.25) is 0 Å². The zero-order valence-electron chi connectivity index (χ0n) is 11.7. The van der Waals surface area contributed by atoms with Gasteiger partial charge < -0.3 is 10.0 Å². The van der Waals surface area contributed by atoms with Crippen molar-refractivity contribution < 1.29 is 5.11 Å². The highest BCUT2D eigenvalue weighted by Gasteiger charge is 2.05. The van der Waals surface area contributed by atoms with E-state index in [4.69, 9.17) is 5.11 Å². The molecule has 0 spiro atoms. The average Bonchev–Trinajstić information content (AvgIpc) is 2.46. The van der Waals surface area contributed by atoms with Crippen LogP contribution in [-0.2, 0) is 0 Å². The maximum Gasteiger partial charge on any atom is 0.108 e. The molecule has 0 aliphatic carbocycles. The third kappa shape index (κ3) is 5.83. The van der Waals surface area contributed by atoms with E-state index in [1.807, 2.05) is 12.1 Å². The SMILES string of the molecule is CCCCCCCN(CCO)c1ccc(N=O)cc1. The molecule has 106 valence electrons. The molecule has 0 heterocycles. The Morgan fingerprint density at radius 3 is 2.32 bits per heavy atom. The highest BCUT2D eigenvalue weighted by molar-refractivity contribution is 5.52. The fourth-order valence-corrected chi connectivity index (χ4v) is 2.12. The smallest absolute Gasteiger partial charge is 0.108 e. The molecule has 1 aromatic carbocycles. The molecule has 0 unspecified atom stereocenters. The van der Waals surface area contributed by atoms with Crippen LogP contribution in [0, 0.1) is 4.91 Å². The van der Waals surface area contributed by atoms with E-state index in [0.717, 1.165) is 18.7 Å². The van der Waals surface area contributed by atoms with Gasteiger partial charge in [0, 0.05) is 18.8 Å². The number of nitrogens with zero attached hydrogens (tertiary/aromatic N) is 2. The first kappa shape index (κ1) is 15.6. The van der Waals surface area contributed by atoms with Crippen molar-refractivity contribution in [2.24, 2.45) is 5.18 Å². The molecule has 0 saturated carbocycles. The predicted molar refractivity (Wildman–Crippen MR) is 80.0 cm³/mol. The van der Waals surface area contributed by atoms with Crippen LogP contribution in [0.5, 0.6) is 0 Å². The first-order chi connectivity index (χ1) is 9.31. The number of hydrogen-bond acceptors (Lipinski definition) is 4. The van der Waals surface area contributed by atoms with E-state index in [9.17, 15) is 4.91 Å². The quantitative estimate of drug-likeness (QED) is 0.516. The van der Waals surface area contributed by atoms with Gasteiger partial charge in [-0.15, -0.1) is 4.91 Å². The minimum absolute atomic E-state index is 0.142. The molecule has 19 heavy (non-hydrogen) atoms. The number of aliphatic hydroxyl groups is 1. The lowest BCUT2D eigenvalue weighted by atomic mass is 10.1. The Hall–Kier alpha value is -1.42. The van der Waals surface area contributed by atoms with E-state index in [2.05, 4.69) is 17.0 Å². The summed E-state index contributed by atoms with van der Waals surface area (Å²) in [6.45, 7) is 3.92. The van der Waals surface area contributed by atoms with Crippen molar-refractivity contribution >= 4 is 11.4 Å². The molecule has 4 nitrogen and oxygen atoms in total. The van der Waals surface area contributed by atoms with Crippen LogP contribution in [0.3, 0.4) is 0 Å². The van der Waals surface area contributed by atoms with Crippen LogP contribution >= 0.6 is 0 Å². The average molecular weight is 264 g/mol. The Morgan fingerprint density at radius 1 is 1.05 bits per heavy atom. The van der Waals surface area contributed by atoms with E-state index in [1.54, 1.807) is 12.1 Å². The first-order valence-electron chi connectivity index (χ1n) is 7.11. The molecular weight excluding hydrogens is 240 g/mol. The molecule has 0 bridgehead atoms. The van der Waals surface area contributed by atoms with Crippen LogP contribution in [-0.4, -0.2) is 24.8 Å². The molecule has 0 atom stereocenters. The summed E-state index contributed by atoms with van der Waals surface area (Å²) < 4.78 is 0. The number of nitroso groups, excluding NO2 is 1. The minimum atomic E-state index is 0.142. The summed E-state index contributed by atoms with van der Waals surface area (Å²) >= 11 is 0. The van der Waals surface area contributed by atoms with E-state index in [-0.39, 0.29) is 6.61 Å². The van der Waals surface area contributed by atoms with Crippen LogP contribution in [0.25, 0.3) is 0 Å². The lowest BCUT2D eigenvalue weighted by Crippen LogP contribution is -2.27. The fraction of sp³-hybridized carbons (Fsp3) is 0.600. The topological polar surface area (TPSA) is 52.9 Å². The van der Waals surface area contributed by atoms with Crippen LogP contribution in [0.2, 0.25) is 0 Å². The molecule has 1 aromatic rings. The van der Waals surface area contributed by atoms with Gasteiger partial charge >= 0.3 is 0 Å². The zero-order valence-corrected chi connectivity index (χ0v) is 11.7. The summed E-state index contributed by atoms with van der Waals surface area (Å²) in [6.07, 6.45) is 6.18. The van der Waals surface area contributed by atoms with Crippen LogP contribution < -0.4 is 4.90 Å². The number of anilines is 1. The lowest BCUT2D eigenvalue weighted by Gasteiger charge is -2.24. The Balaban J connectivity index is 2.47. The summed E-state index contributed by atoms with van der Waals surface area (Å²) in [5, 5.41) is 12.0. The molecule has 0 amide bonds. The third-order valence-corrected chi connectivity index (χ3v) is 3.22. The fourth-order valence-electron chi connectivity index (χ4n) is 2.12. The zero-order chi connectivity index (χ0) is 13.9. The van der Waals surface area contributed by atoms with E-state index in [1.165, 1.54) is 25.7 Å². The highest BCUT2D eigenvalue weighted by atomic mass is 16.3. The van der Waals surface area contributed by atoms with Crippen LogP contribution in [0.1, 0.15) is 39.0 Å². The normalized spacial score (nSPS) is 10.4. The summed E-state index contributed by atoms with van der Waals surface area (Å²) in [7, 11) is 0. The number of rotatable bonds is 10. The second-order valence-electron chi connectivity index (χ2n) is 4.73. The highest BCUT2D eigenvalue weighted by Crippen LogP contribution is 2.20. The van der Waals surface area contributed by atoms with Crippen molar-refractivity contribution in [3.05, 3.63) is 29.2 Å². The second-order valence-corrected chi connectivity index (χ2v) is 4.73. The molecule has 0 fully saturated rings. The van der Waals surface area contributed by atoms with Gasteiger partial charge in [0.05, 0.1) is 6.61 Å². The van der Waals surface area contributed by atoms with Crippen LogP contribution in [0.4, 0.5) is 11.4 Å². The van der Waals surface area contributed by atoms with Crippen molar-refractivity contribution in [1.29, 1.82) is 0 Å². The molecular formula is C15H24N2O2. The van der Waals surface area contributed by atoms with E-state index < -0.39 is 0 Å². The number of benzene rings is 1.